The molecular formula is C12H11Cl2NO3. The number of anilines is 1. The van der Waals surface area contributed by atoms with E-state index < -0.39 is 5.97 Å². The summed E-state index contributed by atoms with van der Waals surface area (Å²) in [6, 6.07) is 4.55. The highest BCUT2D eigenvalue weighted by molar-refractivity contribution is 6.33. The fourth-order valence-electron chi connectivity index (χ4n) is 1.98. The van der Waals surface area contributed by atoms with Crippen molar-refractivity contribution >= 4 is 40.8 Å². The van der Waals surface area contributed by atoms with Gasteiger partial charge in [-0.3, -0.25) is 4.79 Å². The second kappa shape index (κ2) is 5.16. The largest absolute Gasteiger partial charge is 0.478 e. The van der Waals surface area contributed by atoms with E-state index in [-0.39, 0.29) is 22.4 Å². The van der Waals surface area contributed by atoms with E-state index in [0.717, 1.165) is 0 Å². The smallest absolute Gasteiger partial charge is 0.337 e. The first-order chi connectivity index (χ1) is 8.52. The average molecular weight is 288 g/mol. The van der Waals surface area contributed by atoms with Crippen molar-refractivity contribution in [1.29, 1.82) is 0 Å². The zero-order valence-electron chi connectivity index (χ0n) is 9.40. The molecule has 0 saturated carbocycles. The van der Waals surface area contributed by atoms with Crippen LogP contribution in [0.1, 0.15) is 16.8 Å². The number of nitrogens with zero attached hydrogens (tertiary/aromatic N) is 1. The molecular weight excluding hydrogens is 277 g/mol. The van der Waals surface area contributed by atoms with Gasteiger partial charge in [0.1, 0.15) is 0 Å². The number of hydrogen-bond donors (Lipinski definition) is 1. The van der Waals surface area contributed by atoms with Crippen molar-refractivity contribution in [1.82, 2.24) is 0 Å². The lowest BCUT2D eigenvalue weighted by atomic mass is 10.1. The van der Waals surface area contributed by atoms with Crippen LogP contribution >= 0.6 is 23.2 Å². The Labute approximate surface area is 114 Å². The van der Waals surface area contributed by atoms with Crippen LogP contribution in [0.3, 0.4) is 0 Å². The van der Waals surface area contributed by atoms with E-state index in [1.807, 2.05) is 0 Å². The quantitative estimate of drug-likeness (QED) is 0.870. The number of carbonyl (C=O) groups excluding carboxylic acids is 1. The molecule has 1 unspecified atom stereocenters. The lowest BCUT2D eigenvalue weighted by molar-refractivity contribution is -0.117. The van der Waals surface area contributed by atoms with E-state index in [2.05, 4.69) is 0 Å². The maximum atomic E-state index is 11.8. The Bertz CT molecular complexity index is 504. The van der Waals surface area contributed by atoms with Crippen LogP contribution in [-0.2, 0) is 4.79 Å². The molecule has 1 aromatic rings. The molecule has 0 bridgehead atoms. The number of halogens is 2. The van der Waals surface area contributed by atoms with Gasteiger partial charge in [0.2, 0.25) is 5.91 Å². The first-order valence-electron chi connectivity index (χ1n) is 5.42. The number of alkyl halides is 1. The van der Waals surface area contributed by atoms with Crippen molar-refractivity contribution in [3.05, 3.63) is 28.8 Å². The maximum Gasteiger partial charge on any atom is 0.337 e. The summed E-state index contributed by atoms with van der Waals surface area (Å²) in [7, 11) is 0. The summed E-state index contributed by atoms with van der Waals surface area (Å²) in [6.07, 6.45) is 0.397. The van der Waals surface area contributed by atoms with Crippen molar-refractivity contribution in [2.24, 2.45) is 5.92 Å². The minimum absolute atomic E-state index is 0.00344. The molecule has 18 heavy (non-hydrogen) atoms. The zero-order valence-corrected chi connectivity index (χ0v) is 10.9. The third kappa shape index (κ3) is 2.44. The van der Waals surface area contributed by atoms with Crippen LogP contribution in [0.5, 0.6) is 0 Å². The normalized spacial score (nSPS) is 19.3. The summed E-state index contributed by atoms with van der Waals surface area (Å²) >= 11 is 11.5. The van der Waals surface area contributed by atoms with Gasteiger partial charge in [-0.2, -0.15) is 0 Å². The number of hydrogen-bond acceptors (Lipinski definition) is 2. The van der Waals surface area contributed by atoms with Crippen LogP contribution in [-0.4, -0.2) is 29.4 Å². The Hall–Kier alpha value is -1.26. The zero-order chi connectivity index (χ0) is 13.3. The molecule has 1 atom stereocenters. The molecule has 1 heterocycles. The molecule has 96 valence electrons. The Morgan fingerprint density at radius 3 is 2.78 bits per heavy atom. The molecule has 0 aromatic heterocycles. The molecule has 4 nitrogen and oxygen atoms in total. The Balaban J connectivity index is 2.32. The molecule has 1 amide bonds. The summed E-state index contributed by atoms with van der Waals surface area (Å²) in [6.45, 7) is 0.517. The lowest BCUT2D eigenvalue weighted by Gasteiger charge is -2.17. The second-order valence-electron chi connectivity index (χ2n) is 4.20. The highest BCUT2D eigenvalue weighted by atomic mass is 35.5. The van der Waals surface area contributed by atoms with E-state index >= 15 is 0 Å². The molecule has 1 fully saturated rings. The van der Waals surface area contributed by atoms with Crippen LogP contribution in [0.15, 0.2) is 18.2 Å². The van der Waals surface area contributed by atoms with Crippen molar-refractivity contribution < 1.29 is 14.7 Å². The number of amides is 1. The molecule has 1 aromatic carbocycles. The van der Waals surface area contributed by atoms with Crippen LogP contribution in [0.4, 0.5) is 5.69 Å². The number of carboxylic acid groups (broad SMARTS) is 1. The van der Waals surface area contributed by atoms with Gasteiger partial charge in [0.05, 0.1) is 10.6 Å². The molecule has 0 radical (unpaired) electrons. The molecule has 1 saturated heterocycles. The van der Waals surface area contributed by atoms with Crippen molar-refractivity contribution in [2.75, 3.05) is 17.3 Å². The van der Waals surface area contributed by atoms with E-state index in [1.54, 1.807) is 11.0 Å². The topological polar surface area (TPSA) is 57.6 Å². The molecule has 1 N–H and O–H groups in total. The molecule has 6 heteroatoms. The number of carbonyl (C=O) groups is 2. The van der Waals surface area contributed by atoms with Crippen LogP contribution in [0.2, 0.25) is 5.02 Å². The SMILES string of the molecule is O=C(O)c1cc(N2CC(CCl)CC2=O)ccc1Cl. The number of carboxylic acids is 1. The average Bonchev–Trinajstić information content (AvgIpc) is 2.71. The van der Waals surface area contributed by atoms with Crippen molar-refractivity contribution in [2.45, 2.75) is 6.42 Å². The fraction of sp³-hybridized carbons (Fsp3) is 0.333. The molecule has 1 aliphatic heterocycles. The van der Waals surface area contributed by atoms with Crippen LogP contribution in [0.25, 0.3) is 0 Å². The van der Waals surface area contributed by atoms with E-state index in [1.165, 1.54) is 12.1 Å². The summed E-state index contributed by atoms with van der Waals surface area (Å²) in [5.41, 5.74) is 0.547. The van der Waals surface area contributed by atoms with Crippen LogP contribution < -0.4 is 4.90 Å². The van der Waals surface area contributed by atoms with Gasteiger partial charge in [-0.1, -0.05) is 11.6 Å². The van der Waals surface area contributed by atoms with Gasteiger partial charge in [0.25, 0.3) is 0 Å². The predicted octanol–water partition coefficient (Wildman–Crippen LogP) is 2.63. The molecule has 2 rings (SSSR count). The van der Waals surface area contributed by atoms with Crippen LogP contribution in [0, 0.1) is 5.92 Å². The van der Waals surface area contributed by atoms with Gasteiger partial charge >= 0.3 is 5.97 Å². The highest BCUT2D eigenvalue weighted by Crippen LogP contribution is 2.29. The monoisotopic (exact) mass is 287 g/mol. The fourth-order valence-corrected chi connectivity index (χ4v) is 2.38. The summed E-state index contributed by atoms with van der Waals surface area (Å²) in [4.78, 5) is 24.3. The van der Waals surface area contributed by atoms with Gasteiger partial charge < -0.3 is 10.0 Å². The molecule has 0 aliphatic carbocycles. The van der Waals surface area contributed by atoms with Crippen molar-refractivity contribution in [3.8, 4) is 0 Å². The number of rotatable bonds is 3. The number of aromatic carboxylic acids is 1. The predicted molar refractivity (Wildman–Crippen MR) is 69.6 cm³/mol. The Morgan fingerprint density at radius 2 is 2.22 bits per heavy atom. The van der Waals surface area contributed by atoms with Crippen molar-refractivity contribution in [3.63, 3.8) is 0 Å². The Kier molecular flexibility index (Phi) is 3.78. The third-order valence-corrected chi connectivity index (χ3v) is 3.68. The van der Waals surface area contributed by atoms with Gasteiger partial charge in [0.15, 0.2) is 0 Å². The molecule has 0 spiro atoms. The summed E-state index contributed by atoms with van der Waals surface area (Å²) < 4.78 is 0. The van der Waals surface area contributed by atoms with Gasteiger partial charge in [-0.15, -0.1) is 11.6 Å². The maximum absolute atomic E-state index is 11.8. The first-order valence-corrected chi connectivity index (χ1v) is 6.33. The lowest BCUT2D eigenvalue weighted by Crippen LogP contribution is -2.24. The molecule has 1 aliphatic rings. The third-order valence-electron chi connectivity index (χ3n) is 2.92. The van der Waals surface area contributed by atoms with Gasteiger partial charge in [-0.25, -0.2) is 4.79 Å². The highest BCUT2D eigenvalue weighted by Gasteiger charge is 2.30. The number of benzene rings is 1. The van der Waals surface area contributed by atoms with Gasteiger partial charge in [-0.05, 0) is 24.1 Å². The van der Waals surface area contributed by atoms with E-state index in [9.17, 15) is 9.59 Å². The van der Waals surface area contributed by atoms with Gasteiger partial charge in [0, 0.05) is 24.5 Å². The minimum atomic E-state index is -1.11. The standard InChI is InChI=1S/C12H11Cl2NO3/c13-5-7-3-11(16)15(6-7)8-1-2-10(14)9(4-8)12(17)18/h1-2,4,7H,3,5-6H2,(H,17,18). The van der Waals surface area contributed by atoms with E-state index in [4.69, 9.17) is 28.3 Å². The Morgan fingerprint density at radius 1 is 1.50 bits per heavy atom. The summed E-state index contributed by atoms with van der Waals surface area (Å²) in [5.74, 6) is -0.619. The minimum Gasteiger partial charge on any atom is -0.478 e. The summed E-state index contributed by atoms with van der Waals surface area (Å²) in [5, 5.41) is 9.15. The van der Waals surface area contributed by atoms with E-state index in [0.29, 0.717) is 24.5 Å². The first kappa shape index (κ1) is 13.2. The second-order valence-corrected chi connectivity index (χ2v) is 4.91.